The van der Waals surface area contributed by atoms with Gasteiger partial charge in [0.15, 0.2) is 0 Å². The highest BCUT2D eigenvalue weighted by Crippen LogP contribution is 2.31. The zero-order chi connectivity index (χ0) is 11.9. The summed E-state index contributed by atoms with van der Waals surface area (Å²) in [5.74, 6) is -0.238. The van der Waals surface area contributed by atoms with Gasteiger partial charge in [0.1, 0.15) is 11.2 Å². The van der Waals surface area contributed by atoms with E-state index in [0.717, 1.165) is 0 Å². The van der Waals surface area contributed by atoms with E-state index in [1.807, 2.05) is 13.8 Å². The molecule has 0 aromatic carbocycles. The third-order valence-electron chi connectivity index (χ3n) is 2.68. The molecule has 1 aliphatic rings. The van der Waals surface area contributed by atoms with E-state index >= 15 is 0 Å². The minimum Gasteiger partial charge on any atom is -0.381 e. The molecule has 88 valence electrons. The van der Waals surface area contributed by atoms with Crippen molar-refractivity contribution < 1.29 is 14.3 Å². The summed E-state index contributed by atoms with van der Waals surface area (Å²) in [5, 5.41) is 2.54. The van der Waals surface area contributed by atoms with Crippen LogP contribution in [0.4, 0.5) is 0 Å². The van der Waals surface area contributed by atoms with Crippen molar-refractivity contribution >= 4 is 11.7 Å². The molecule has 0 saturated carbocycles. The van der Waals surface area contributed by atoms with Crippen molar-refractivity contribution in [2.45, 2.75) is 33.6 Å². The highest BCUT2D eigenvalue weighted by Gasteiger charge is 2.43. The average molecular weight is 215 g/mol. The lowest BCUT2D eigenvalue weighted by molar-refractivity contribution is -0.147. The van der Waals surface area contributed by atoms with Gasteiger partial charge in [0.25, 0.3) is 0 Å². The second-order valence-corrected chi connectivity index (χ2v) is 3.33. The van der Waals surface area contributed by atoms with Crippen molar-refractivity contribution in [3.63, 3.8) is 0 Å². The van der Waals surface area contributed by atoms with Crippen LogP contribution in [0.5, 0.6) is 0 Å². The van der Waals surface area contributed by atoms with Crippen LogP contribution >= 0.6 is 0 Å². The molecule has 0 spiro atoms. The van der Waals surface area contributed by atoms with Crippen molar-refractivity contribution in [3.05, 3.63) is 0 Å². The Kier molecular flexibility index (Phi) is 6.17. The molecule has 1 aliphatic heterocycles. The standard InChI is InChI=1S/C9H15NO3.C2H6/c1-7(11)9(8(12)10-2)3-5-13-6-4-9;1-2/h3-6H2,1-2H3,(H,10,12);1-2H3. The molecular formula is C11H21NO3. The molecule has 1 rings (SSSR count). The van der Waals surface area contributed by atoms with Crippen LogP contribution in [0.2, 0.25) is 0 Å². The number of rotatable bonds is 2. The van der Waals surface area contributed by atoms with Gasteiger partial charge in [-0.05, 0) is 19.8 Å². The number of hydrogen-bond acceptors (Lipinski definition) is 3. The number of hydrogen-bond donors (Lipinski definition) is 1. The Morgan fingerprint density at radius 1 is 1.20 bits per heavy atom. The molecule has 0 unspecified atom stereocenters. The Balaban J connectivity index is 0.000000921. The SMILES string of the molecule is CC.CNC(=O)C1(C(C)=O)CCOCC1. The molecule has 0 atom stereocenters. The summed E-state index contributed by atoms with van der Waals surface area (Å²) < 4.78 is 5.14. The summed E-state index contributed by atoms with van der Waals surface area (Å²) >= 11 is 0. The van der Waals surface area contributed by atoms with E-state index in [0.29, 0.717) is 26.1 Å². The van der Waals surface area contributed by atoms with Crippen LogP contribution in [0.3, 0.4) is 0 Å². The van der Waals surface area contributed by atoms with Gasteiger partial charge in [-0.25, -0.2) is 0 Å². The predicted octanol–water partition coefficient (Wildman–Crippen LogP) is 1.14. The smallest absolute Gasteiger partial charge is 0.233 e. The summed E-state index contributed by atoms with van der Waals surface area (Å²) in [5.41, 5.74) is -0.826. The average Bonchev–Trinajstić information content (AvgIpc) is 2.31. The number of carbonyl (C=O) groups is 2. The number of nitrogens with one attached hydrogen (secondary N) is 1. The van der Waals surface area contributed by atoms with Crippen LogP contribution in [-0.4, -0.2) is 32.0 Å². The van der Waals surface area contributed by atoms with E-state index in [1.165, 1.54) is 6.92 Å². The Morgan fingerprint density at radius 2 is 1.67 bits per heavy atom. The van der Waals surface area contributed by atoms with Crippen molar-refractivity contribution in [1.82, 2.24) is 5.32 Å². The highest BCUT2D eigenvalue weighted by atomic mass is 16.5. The van der Waals surface area contributed by atoms with Gasteiger partial charge in [-0.3, -0.25) is 9.59 Å². The van der Waals surface area contributed by atoms with Gasteiger partial charge in [-0.15, -0.1) is 0 Å². The van der Waals surface area contributed by atoms with Gasteiger partial charge in [0.2, 0.25) is 5.91 Å². The third kappa shape index (κ3) is 3.02. The van der Waals surface area contributed by atoms with Crippen LogP contribution < -0.4 is 5.32 Å². The Labute approximate surface area is 91.4 Å². The minimum atomic E-state index is -0.826. The van der Waals surface area contributed by atoms with E-state index in [-0.39, 0.29) is 11.7 Å². The molecule has 0 aromatic heterocycles. The molecule has 4 heteroatoms. The van der Waals surface area contributed by atoms with Crippen molar-refractivity contribution in [3.8, 4) is 0 Å². The summed E-state index contributed by atoms with van der Waals surface area (Å²) in [6.07, 6.45) is 1.00. The van der Waals surface area contributed by atoms with Crippen molar-refractivity contribution in [2.24, 2.45) is 5.41 Å². The Hall–Kier alpha value is -0.900. The summed E-state index contributed by atoms with van der Waals surface area (Å²) in [6, 6.07) is 0. The van der Waals surface area contributed by atoms with Crippen LogP contribution in [0.1, 0.15) is 33.6 Å². The number of Topliss-reactive ketones (excluding diaryl/α,β-unsaturated/α-hetero) is 1. The minimum absolute atomic E-state index is 0.0600. The fourth-order valence-corrected chi connectivity index (χ4v) is 1.70. The molecule has 1 saturated heterocycles. The summed E-state index contributed by atoms with van der Waals surface area (Å²) in [4.78, 5) is 22.9. The van der Waals surface area contributed by atoms with Crippen LogP contribution in [0.25, 0.3) is 0 Å². The van der Waals surface area contributed by atoms with Gasteiger partial charge >= 0.3 is 0 Å². The third-order valence-corrected chi connectivity index (χ3v) is 2.68. The molecular weight excluding hydrogens is 194 g/mol. The van der Waals surface area contributed by atoms with Gasteiger partial charge in [-0.2, -0.15) is 0 Å². The molecule has 0 aliphatic carbocycles. The quantitative estimate of drug-likeness (QED) is 0.703. The van der Waals surface area contributed by atoms with Gasteiger partial charge in [-0.1, -0.05) is 13.8 Å². The van der Waals surface area contributed by atoms with E-state index < -0.39 is 5.41 Å². The largest absolute Gasteiger partial charge is 0.381 e. The normalized spacial score (nSPS) is 18.4. The molecule has 4 nitrogen and oxygen atoms in total. The molecule has 1 heterocycles. The molecule has 1 fully saturated rings. The fraction of sp³-hybridized carbons (Fsp3) is 0.818. The lowest BCUT2D eigenvalue weighted by Crippen LogP contribution is -2.47. The van der Waals surface area contributed by atoms with E-state index in [2.05, 4.69) is 5.32 Å². The van der Waals surface area contributed by atoms with Crippen LogP contribution in [0.15, 0.2) is 0 Å². The lowest BCUT2D eigenvalue weighted by Gasteiger charge is -2.32. The first-order valence-corrected chi connectivity index (χ1v) is 5.44. The maximum atomic E-state index is 11.5. The number of ether oxygens (including phenoxy) is 1. The van der Waals surface area contributed by atoms with Gasteiger partial charge in [0.05, 0.1) is 0 Å². The molecule has 15 heavy (non-hydrogen) atoms. The predicted molar refractivity (Wildman–Crippen MR) is 58.6 cm³/mol. The highest BCUT2D eigenvalue weighted by molar-refractivity contribution is 6.05. The maximum Gasteiger partial charge on any atom is 0.233 e. The summed E-state index contributed by atoms with van der Waals surface area (Å²) in [6.45, 7) is 6.46. The van der Waals surface area contributed by atoms with Crippen molar-refractivity contribution in [2.75, 3.05) is 20.3 Å². The molecule has 1 amide bonds. The fourth-order valence-electron chi connectivity index (χ4n) is 1.70. The van der Waals surface area contributed by atoms with Gasteiger partial charge < -0.3 is 10.1 Å². The Morgan fingerprint density at radius 3 is 2.00 bits per heavy atom. The molecule has 0 radical (unpaired) electrons. The lowest BCUT2D eigenvalue weighted by atomic mass is 9.76. The van der Waals surface area contributed by atoms with Gasteiger partial charge in [0, 0.05) is 20.3 Å². The van der Waals surface area contributed by atoms with Crippen molar-refractivity contribution in [1.29, 1.82) is 0 Å². The zero-order valence-electron chi connectivity index (χ0n) is 10.1. The first kappa shape index (κ1) is 14.1. The zero-order valence-corrected chi connectivity index (χ0v) is 10.1. The maximum absolute atomic E-state index is 11.5. The monoisotopic (exact) mass is 215 g/mol. The number of ketones is 1. The first-order chi connectivity index (χ1) is 7.13. The number of carbonyl (C=O) groups excluding carboxylic acids is 2. The molecule has 1 N–H and O–H groups in total. The Bertz CT molecular complexity index is 220. The summed E-state index contributed by atoms with van der Waals surface area (Å²) in [7, 11) is 1.56. The first-order valence-electron chi connectivity index (χ1n) is 5.44. The second-order valence-electron chi connectivity index (χ2n) is 3.33. The second kappa shape index (κ2) is 6.56. The van der Waals surface area contributed by atoms with Crippen LogP contribution in [-0.2, 0) is 14.3 Å². The van der Waals surface area contributed by atoms with E-state index in [1.54, 1.807) is 7.05 Å². The van der Waals surface area contributed by atoms with Crippen LogP contribution in [0, 0.1) is 5.41 Å². The topological polar surface area (TPSA) is 55.4 Å². The molecule has 0 bridgehead atoms. The van der Waals surface area contributed by atoms with E-state index in [4.69, 9.17) is 4.74 Å². The molecule has 0 aromatic rings. The number of amides is 1. The van der Waals surface area contributed by atoms with E-state index in [9.17, 15) is 9.59 Å².